The van der Waals surface area contributed by atoms with Crippen LogP contribution in [0, 0.1) is 5.82 Å². The van der Waals surface area contributed by atoms with Gasteiger partial charge in [-0.05, 0) is 6.07 Å². The Kier molecular flexibility index (Phi) is 3.34. The average Bonchev–Trinajstić information content (AvgIpc) is 2.73. The van der Waals surface area contributed by atoms with E-state index in [9.17, 15) is 4.39 Å². The fourth-order valence-electron chi connectivity index (χ4n) is 1.48. The fourth-order valence-corrected chi connectivity index (χ4v) is 1.48. The number of hydrogen-bond donors (Lipinski definition) is 1. The first kappa shape index (κ1) is 11.5. The van der Waals surface area contributed by atoms with E-state index in [1.165, 1.54) is 6.07 Å². The van der Waals surface area contributed by atoms with Gasteiger partial charge in [-0.25, -0.2) is 4.39 Å². The summed E-state index contributed by atoms with van der Waals surface area (Å²) in [5.41, 5.74) is 6.78. The van der Waals surface area contributed by atoms with Gasteiger partial charge in [-0.1, -0.05) is 17.3 Å². The SMILES string of the molecule is Cn1cc(COc2c(F)cccc2CN)nn1. The molecule has 5 nitrogen and oxygen atoms in total. The minimum Gasteiger partial charge on any atom is -0.484 e. The summed E-state index contributed by atoms with van der Waals surface area (Å²) >= 11 is 0. The quantitative estimate of drug-likeness (QED) is 0.859. The predicted molar refractivity (Wildman–Crippen MR) is 59.6 cm³/mol. The number of rotatable bonds is 4. The van der Waals surface area contributed by atoms with Gasteiger partial charge in [0, 0.05) is 19.2 Å². The molecule has 17 heavy (non-hydrogen) atoms. The van der Waals surface area contributed by atoms with Crippen LogP contribution >= 0.6 is 0 Å². The van der Waals surface area contributed by atoms with E-state index in [4.69, 9.17) is 10.5 Å². The van der Waals surface area contributed by atoms with Gasteiger partial charge in [0.15, 0.2) is 11.6 Å². The van der Waals surface area contributed by atoms with E-state index in [0.717, 1.165) is 0 Å². The van der Waals surface area contributed by atoms with Crippen molar-refractivity contribution >= 4 is 0 Å². The predicted octanol–water partition coefficient (Wildman–Crippen LogP) is 0.992. The highest BCUT2D eigenvalue weighted by atomic mass is 19.1. The molecule has 0 fully saturated rings. The third-order valence-electron chi connectivity index (χ3n) is 2.28. The number of nitrogens with two attached hydrogens (primary N) is 1. The molecule has 6 heteroatoms. The zero-order chi connectivity index (χ0) is 12.3. The maximum atomic E-state index is 13.5. The summed E-state index contributed by atoms with van der Waals surface area (Å²) in [6.45, 7) is 0.398. The largest absolute Gasteiger partial charge is 0.484 e. The van der Waals surface area contributed by atoms with Crippen LogP contribution in [0.25, 0.3) is 0 Å². The van der Waals surface area contributed by atoms with Crippen molar-refractivity contribution in [3.63, 3.8) is 0 Å². The molecule has 1 heterocycles. The van der Waals surface area contributed by atoms with E-state index < -0.39 is 5.82 Å². The highest BCUT2D eigenvalue weighted by Crippen LogP contribution is 2.22. The summed E-state index contributed by atoms with van der Waals surface area (Å²) in [7, 11) is 1.75. The van der Waals surface area contributed by atoms with Crippen LogP contribution in [-0.2, 0) is 20.2 Å². The number of hydrogen-bond acceptors (Lipinski definition) is 4. The number of aryl methyl sites for hydroxylation is 1. The molecule has 0 radical (unpaired) electrons. The molecule has 0 unspecified atom stereocenters. The monoisotopic (exact) mass is 236 g/mol. The van der Waals surface area contributed by atoms with Crippen LogP contribution < -0.4 is 10.5 Å². The highest BCUT2D eigenvalue weighted by Gasteiger charge is 2.09. The van der Waals surface area contributed by atoms with Crippen molar-refractivity contribution in [1.29, 1.82) is 0 Å². The summed E-state index contributed by atoms with van der Waals surface area (Å²) in [6.07, 6.45) is 1.71. The Morgan fingerprint density at radius 3 is 2.94 bits per heavy atom. The maximum Gasteiger partial charge on any atom is 0.165 e. The van der Waals surface area contributed by atoms with Gasteiger partial charge in [0.25, 0.3) is 0 Å². The average molecular weight is 236 g/mol. The van der Waals surface area contributed by atoms with Crippen molar-refractivity contribution < 1.29 is 9.13 Å². The second-order valence-corrected chi connectivity index (χ2v) is 3.60. The van der Waals surface area contributed by atoms with E-state index in [-0.39, 0.29) is 18.9 Å². The van der Waals surface area contributed by atoms with Crippen LogP contribution in [0.4, 0.5) is 4.39 Å². The van der Waals surface area contributed by atoms with E-state index in [1.807, 2.05) is 0 Å². The summed E-state index contributed by atoms with van der Waals surface area (Å²) in [4.78, 5) is 0. The first-order valence-corrected chi connectivity index (χ1v) is 5.16. The molecule has 2 N–H and O–H groups in total. The Balaban J connectivity index is 2.13. The molecule has 1 aromatic heterocycles. The number of ether oxygens (including phenoxy) is 1. The molecule has 0 saturated carbocycles. The topological polar surface area (TPSA) is 66.0 Å². The molecular weight excluding hydrogens is 223 g/mol. The Labute approximate surface area is 98.0 Å². The van der Waals surface area contributed by atoms with Crippen molar-refractivity contribution in [3.8, 4) is 5.75 Å². The Bertz CT molecular complexity index is 512. The number of halogens is 1. The molecule has 0 aliphatic carbocycles. The van der Waals surface area contributed by atoms with E-state index in [2.05, 4.69) is 10.3 Å². The minimum atomic E-state index is -0.420. The van der Waals surface area contributed by atoms with Gasteiger partial charge >= 0.3 is 0 Å². The second-order valence-electron chi connectivity index (χ2n) is 3.60. The Hall–Kier alpha value is -1.95. The molecule has 2 rings (SSSR count). The third kappa shape index (κ3) is 2.59. The van der Waals surface area contributed by atoms with Crippen LogP contribution in [0.5, 0.6) is 5.75 Å². The molecule has 90 valence electrons. The number of para-hydroxylation sites is 1. The molecular formula is C11H13FN4O. The first-order chi connectivity index (χ1) is 8.20. The molecule has 0 bridgehead atoms. The van der Waals surface area contributed by atoms with Gasteiger partial charge < -0.3 is 10.5 Å². The lowest BCUT2D eigenvalue weighted by atomic mass is 10.2. The lowest BCUT2D eigenvalue weighted by Gasteiger charge is -2.09. The Morgan fingerprint density at radius 2 is 2.29 bits per heavy atom. The van der Waals surface area contributed by atoms with Crippen molar-refractivity contribution in [3.05, 3.63) is 41.5 Å². The lowest BCUT2D eigenvalue weighted by Crippen LogP contribution is -2.04. The molecule has 1 aromatic carbocycles. The van der Waals surface area contributed by atoms with Crippen LogP contribution in [0.2, 0.25) is 0 Å². The third-order valence-corrected chi connectivity index (χ3v) is 2.28. The minimum absolute atomic E-state index is 0.168. The van der Waals surface area contributed by atoms with Gasteiger partial charge in [0.1, 0.15) is 12.3 Å². The van der Waals surface area contributed by atoms with Gasteiger partial charge in [0.05, 0.1) is 6.20 Å². The lowest BCUT2D eigenvalue weighted by molar-refractivity contribution is 0.282. The van der Waals surface area contributed by atoms with Crippen molar-refractivity contribution in [2.75, 3.05) is 0 Å². The van der Waals surface area contributed by atoms with Gasteiger partial charge in [-0.2, -0.15) is 0 Å². The van der Waals surface area contributed by atoms with Crippen molar-refractivity contribution in [1.82, 2.24) is 15.0 Å². The normalized spacial score (nSPS) is 10.5. The smallest absolute Gasteiger partial charge is 0.165 e. The summed E-state index contributed by atoms with van der Waals surface area (Å²) in [6, 6.07) is 4.67. The second kappa shape index (κ2) is 4.92. The van der Waals surface area contributed by atoms with Crippen molar-refractivity contribution in [2.45, 2.75) is 13.2 Å². The molecule has 0 aliphatic heterocycles. The van der Waals surface area contributed by atoms with Gasteiger partial charge in [0.2, 0.25) is 0 Å². The summed E-state index contributed by atoms with van der Waals surface area (Å²) in [5, 5.41) is 7.61. The maximum absolute atomic E-state index is 13.5. The fraction of sp³-hybridized carbons (Fsp3) is 0.273. The first-order valence-electron chi connectivity index (χ1n) is 5.16. The number of nitrogens with zero attached hydrogens (tertiary/aromatic N) is 3. The molecule has 0 saturated heterocycles. The van der Waals surface area contributed by atoms with E-state index in [1.54, 1.807) is 30.1 Å². The van der Waals surface area contributed by atoms with Crippen molar-refractivity contribution in [2.24, 2.45) is 12.8 Å². The standard InChI is InChI=1S/C11H13FN4O/c1-16-6-9(14-15-16)7-17-11-8(5-13)3-2-4-10(11)12/h2-4,6H,5,7,13H2,1H3. The molecule has 2 aromatic rings. The highest BCUT2D eigenvalue weighted by molar-refractivity contribution is 5.34. The van der Waals surface area contributed by atoms with E-state index >= 15 is 0 Å². The van der Waals surface area contributed by atoms with Crippen LogP contribution in [-0.4, -0.2) is 15.0 Å². The molecule has 0 spiro atoms. The summed E-state index contributed by atoms with van der Waals surface area (Å²) < 4.78 is 20.5. The Morgan fingerprint density at radius 1 is 1.47 bits per heavy atom. The van der Waals surface area contributed by atoms with Crippen LogP contribution in [0.3, 0.4) is 0 Å². The van der Waals surface area contributed by atoms with Crippen LogP contribution in [0.1, 0.15) is 11.3 Å². The van der Waals surface area contributed by atoms with Gasteiger partial charge in [-0.3, -0.25) is 4.68 Å². The molecule has 0 aliphatic rings. The van der Waals surface area contributed by atoms with Crippen LogP contribution in [0.15, 0.2) is 24.4 Å². The summed E-state index contributed by atoms with van der Waals surface area (Å²) in [5.74, 6) is -0.238. The van der Waals surface area contributed by atoms with E-state index in [0.29, 0.717) is 11.3 Å². The number of aromatic nitrogens is 3. The number of benzene rings is 1. The van der Waals surface area contributed by atoms with Gasteiger partial charge in [-0.15, -0.1) is 5.10 Å². The zero-order valence-corrected chi connectivity index (χ0v) is 9.43. The molecule has 0 atom stereocenters. The zero-order valence-electron chi connectivity index (χ0n) is 9.43. The molecule has 0 amide bonds.